The molecule has 1 aliphatic rings. The summed E-state index contributed by atoms with van der Waals surface area (Å²) in [6.07, 6.45) is 10.1. The summed E-state index contributed by atoms with van der Waals surface area (Å²) in [4.78, 5) is 16.4. The molecule has 2 heterocycles. The summed E-state index contributed by atoms with van der Waals surface area (Å²) in [5.41, 5.74) is 0.485. The SMILES string of the molecule is C[C@H](Sc1nnc(CCC2CCCCC2)n1N)C(=O)Nc1cccnc1Cl. The lowest BCUT2D eigenvalue weighted by Crippen LogP contribution is -2.24. The van der Waals surface area contributed by atoms with Crippen molar-refractivity contribution in [1.29, 1.82) is 0 Å². The molecule has 1 aliphatic carbocycles. The molecule has 27 heavy (non-hydrogen) atoms. The van der Waals surface area contributed by atoms with Crippen molar-refractivity contribution in [1.82, 2.24) is 19.9 Å². The highest BCUT2D eigenvalue weighted by molar-refractivity contribution is 8.00. The van der Waals surface area contributed by atoms with E-state index in [1.54, 1.807) is 25.3 Å². The molecule has 1 saturated carbocycles. The van der Waals surface area contributed by atoms with Crippen molar-refractivity contribution in [3.05, 3.63) is 29.3 Å². The summed E-state index contributed by atoms with van der Waals surface area (Å²) in [5.74, 6) is 7.49. The molecular weight excluding hydrogens is 384 g/mol. The average Bonchev–Trinajstić information content (AvgIpc) is 3.02. The number of nitrogen functional groups attached to an aromatic ring is 1. The Morgan fingerprint density at radius 3 is 2.93 bits per heavy atom. The number of anilines is 1. The Kier molecular flexibility index (Phi) is 6.95. The third-order valence-corrected chi connectivity index (χ3v) is 6.26. The number of amides is 1. The minimum absolute atomic E-state index is 0.193. The van der Waals surface area contributed by atoms with Gasteiger partial charge in [0.2, 0.25) is 11.1 Å². The zero-order valence-electron chi connectivity index (χ0n) is 15.4. The fourth-order valence-electron chi connectivity index (χ4n) is 3.29. The van der Waals surface area contributed by atoms with E-state index in [0.717, 1.165) is 24.6 Å². The van der Waals surface area contributed by atoms with Gasteiger partial charge in [0.05, 0.1) is 10.9 Å². The Morgan fingerprint density at radius 2 is 2.19 bits per heavy atom. The van der Waals surface area contributed by atoms with Crippen molar-refractivity contribution < 1.29 is 4.79 Å². The highest BCUT2D eigenvalue weighted by Gasteiger charge is 2.21. The fraction of sp³-hybridized carbons (Fsp3) is 0.556. The predicted molar refractivity (Wildman–Crippen MR) is 108 cm³/mol. The maximum atomic E-state index is 12.4. The summed E-state index contributed by atoms with van der Waals surface area (Å²) in [7, 11) is 0. The van der Waals surface area contributed by atoms with Crippen LogP contribution in [0.5, 0.6) is 0 Å². The second kappa shape index (κ2) is 9.41. The summed E-state index contributed by atoms with van der Waals surface area (Å²) in [5, 5.41) is 11.5. The number of nitrogens with zero attached hydrogens (tertiary/aromatic N) is 4. The van der Waals surface area contributed by atoms with Gasteiger partial charge in [0.25, 0.3) is 0 Å². The molecular formula is C18H25ClN6OS. The molecule has 7 nitrogen and oxygen atoms in total. The van der Waals surface area contributed by atoms with Crippen LogP contribution in [0.4, 0.5) is 5.69 Å². The van der Waals surface area contributed by atoms with E-state index in [-0.39, 0.29) is 11.1 Å². The summed E-state index contributed by atoms with van der Waals surface area (Å²) < 4.78 is 1.51. The number of nitrogens with one attached hydrogen (secondary N) is 1. The molecule has 2 aromatic rings. The van der Waals surface area contributed by atoms with E-state index >= 15 is 0 Å². The normalized spacial score (nSPS) is 16.2. The summed E-state index contributed by atoms with van der Waals surface area (Å²) >= 11 is 7.26. The van der Waals surface area contributed by atoms with Crippen molar-refractivity contribution in [3.8, 4) is 0 Å². The van der Waals surface area contributed by atoms with Crippen LogP contribution in [0.3, 0.4) is 0 Å². The first-order chi connectivity index (χ1) is 13.0. The number of halogens is 1. The zero-order valence-corrected chi connectivity index (χ0v) is 17.0. The number of pyridine rings is 1. The standard InChI is InChI=1S/C18H25ClN6OS/c1-12(17(26)22-14-8-5-11-21-16(14)19)27-18-24-23-15(25(18)20)10-9-13-6-3-2-4-7-13/h5,8,11-13H,2-4,6-7,9-10,20H2,1H3,(H,22,26)/t12-/m0/s1. The lowest BCUT2D eigenvalue weighted by Gasteiger charge is -2.20. The third-order valence-electron chi connectivity index (χ3n) is 4.90. The van der Waals surface area contributed by atoms with Crippen molar-refractivity contribution in [3.63, 3.8) is 0 Å². The predicted octanol–water partition coefficient (Wildman–Crippen LogP) is 3.67. The van der Waals surface area contributed by atoms with Gasteiger partial charge in [-0.3, -0.25) is 4.79 Å². The van der Waals surface area contributed by atoms with Gasteiger partial charge in [-0.1, -0.05) is 55.5 Å². The van der Waals surface area contributed by atoms with Crippen LogP contribution in [0.25, 0.3) is 0 Å². The Hall–Kier alpha value is -1.80. The van der Waals surface area contributed by atoms with E-state index in [1.165, 1.54) is 48.5 Å². The van der Waals surface area contributed by atoms with Crippen LogP contribution in [-0.2, 0) is 11.2 Å². The molecule has 1 fully saturated rings. The number of thioether (sulfide) groups is 1. The van der Waals surface area contributed by atoms with Crippen LogP contribution in [0.1, 0.15) is 51.3 Å². The van der Waals surface area contributed by atoms with Crippen LogP contribution < -0.4 is 11.2 Å². The molecule has 3 rings (SSSR count). The lowest BCUT2D eigenvalue weighted by molar-refractivity contribution is -0.115. The lowest BCUT2D eigenvalue weighted by atomic mass is 9.86. The Labute approximate surface area is 168 Å². The average molecular weight is 409 g/mol. The highest BCUT2D eigenvalue weighted by atomic mass is 35.5. The van der Waals surface area contributed by atoms with E-state index in [4.69, 9.17) is 17.4 Å². The molecule has 1 amide bonds. The maximum Gasteiger partial charge on any atom is 0.237 e. The number of aryl methyl sites for hydroxylation is 1. The molecule has 146 valence electrons. The molecule has 0 spiro atoms. The summed E-state index contributed by atoms with van der Waals surface area (Å²) in [6, 6.07) is 3.42. The minimum Gasteiger partial charge on any atom is -0.336 e. The number of carbonyl (C=O) groups excluding carboxylic acids is 1. The van der Waals surface area contributed by atoms with Crippen LogP contribution in [-0.4, -0.2) is 31.0 Å². The van der Waals surface area contributed by atoms with Crippen molar-refractivity contribution in [2.75, 3.05) is 11.2 Å². The van der Waals surface area contributed by atoms with Gasteiger partial charge in [0.15, 0.2) is 11.0 Å². The Balaban J connectivity index is 1.54. The van der Waals surface area contributed by atoms with Gasteiger partial charge in [-0.05, 0) is 31.4 Å². The smallest absolute Gasteiger partial charge is 0.237 e. The maximum absolute atomic E-state index is 12.4. The Morgan fingerprint density at radius 1 is 1.41 bits per heavy atom. The number of hydrogen-bond acceptors (Lipinski definition) is 6. The first-order valence-electron chi connectivity index (χ1n) is 9.32. The first kappa shape index (κ1) is 19.9. The topological polar surface area (TPSA) is 98.7 Å². The van der Waals surface area contributed by atoms with Crippen LogP contribution in [0.15, 0.2) is 23.5 Å². The molecule has 2 aromatic heterocycles. The second-order valence-corrected chi connectivity index (χ2v) is 8.57. The van der Waals surface area contributed by atoms with Crippen molar-refractivity contribution in [2.45, 2.75) is 62.3 Å². The molecule has 3 N–H and O–H groups in total. The first-order valence-corrected chi connectivity index (χ1v) is 10.6. The van der Waals surface area contributed by atoms with E-state index in [9.17, 15) is 4.79 Å². The molecule has 0 unspecified atom stereocenters. The van der Waals surface area contributed by atoms with Crippen LogP contribution in [0.2, 0.25) is 5.15 Å². The van der Waals surface area contributed by atoms with Gasteiger partial charge in [-0.15, -0.1) is 10.2 Å². The Bertz CT molecular complexity index is 777. The van der Waals surface area contributed by atoms with Gasteiger partial charge in [0.1, 0.15) is 0 Å². The molecule has 0 bridgehead atoms. The number of hydrogen-bond donors (Lipinski definition) is 2. The van der Waals surface area contributed by atoms with E-state index in [2.05, 4.69) is 20.5 Å². The van der Waals surface area contributed by atoms with Crippen LogP contribution >= 0.6 is 23.4 Å². The molecule has 0 saturated heterocycles. The fourth-order valence-corrected chi connectivity index (χ4v) is 4.25. The van der Waals surface area contributed by atoms with Gasteiger partial charge in [-0.25, -0.2) is 9.66 Å². The van der Waals surface area contributed by atoms with Crippen LogP contribution in [0, 0.1) is 5.92 Å². The molecule has 0 aromatic carbocycles. The van der Waals surface area contributed by atoms with Gasteiger partial charge < -0.3 is 11.2 Å². The van der Waals surface area contributed by atoms with E-state index in [1.807, 2.05) is 0 Å². The number of carbonyl (C=O) groups is 1. The number of nitrogens with two attached hydrogens (primary N) is 1. The van der Waals surface area contributed by atoms with Gasteiger partial charge in [-0.2, -0.15) is 0 Å². The highest BCUT2D eigenvalue weighted by Crippen LogP contribution is 2.28. The molecule has 0 aliphatic heterocycles. The van der Waals surface area contributed by atoms with Crippen molar-refractivity contribution in [2.24, 2.45) is 5.92 Å². The number of rotatable bonds is 7. The molecule has 1 atom stereocenters. The van der Waals surface area contributed by atoms with Gasteiger partial charge >= 0.3 is 0 Å². The largest absolute Gasteiger partial charge is 0.336 e. The summed E-state index contributed by atoms with van der Waals surface area (Å²) in [6.45, 7) is 1.79. The number of aromatic nitrogens is 4. The van der Waals surface area contributed by atoms with E-state index in [0.29, 0.717) is 10.8 Å². The zero-order chi connectivity index (χ0) is 19.2. The van der Waals surface area contributed by atoms with Crippen molar-refractivity contribution >= 4 is 35.0 Å². The quantitative estimate of drug-likeness (QED) is 0.412. The minimum atomic E-state index is -0.404. The molecule has 0 radical (unpaired) electrons. The second-order valence-electron chi connectivity index (χ2n) is 6.90. The van der Waals surface area contributed by atoms with E-state index < -0.39 is 5.25 Å². The van der Waals surface area contributed by atoms with Gasteiger partial charge in [0, 0.05) is 12.6 Å². The monoisotopic (exact) mass is 408 g/mol. The molecule has 9 heteroatoms. The third kappa shape index (κ3) is 5.35.